The molecule has 1 saturated carbocycles. The van der Waals surface area contributed by atoms with E-state index in [0.717, 1.165) is 45.1 Å². The molecule has 1 aromatic rings. The second kappa shape index (κ2) is 9.05. The number of nitrogens with one attached hydrogen (secondary N) is 1. The van der Waals surface area contributed by atoms with E-state index in [1.807, 2.05) is 43.3 Å². The highest BCUT2D eigenvalue weighted by Crippen LogP contribution is 2.41. The fourth-order valence-corrected chi connectivity index (χ4v) is 4.21. The number of rotatable bonds is 6. The molecule has 28 heavy (non-hydrogen) atoms. The van der Waals surface area contributed by atoms with E-state index in [4.69, 9.17) is 4.74 Å². The van der Waals surface area contributed by atoms with Gasteiger partial charge in [0.2, 0.25) is 5.91 Å². The normalized spacial score (nSPS) is 21.3. The lowest BCUT2D eigenvalue weighted by Crippen LogP contribution is -2.56. The van der Waals surface area contributed by atoms with Gasteiger partial charge in [-0.05, 0) is 63.9 Å². The molecule has 0 aromatic heterocycles. The monoisotopic (exact) mass is 387 g/mol. The first-order valence-corrected chi connectivity index (χ1v) is 10.5. The second-order valence-corrected chi connectivity index (χ2v) is 8.15. The van der Waals surface area contributed by atoms with Gasteiger partial charge in [-0.2, -0.15) is 0 Å². The summed E-state index contributed by atoms with van der Waals surface area (Å²) in [5.41, 5.74) is 1.18. The Morgan fingerprint density at radius 3 is 2.46 bits per heavy atom. The predicted molar refractivity (Wildman–Crippen MR) is 109 cm³/mol. The topological polar surface area (TPSA) is 61.9 Å². The van der Waals surface area contributed by atoms with Crippen LogP contribution in [0.4, 0.5) is 0 Å². The Morgan fingerprint density at radius 2 is 1.86 bits per heavy atom. The van der Waals surface area contributed by atoms with Gasteiger partial charge in [0.25, 0.3) is 5.91 Å². The molecule has 154 valence electrons. The molecule has 2 amide bonds. The number of hydrogen-bond donors (Lipinski definition) is 1. The van der Waals surface area contributed by atoms with Crippen LogP contribution in [-0.2, 0) is 16.0 Å². The number of nitrogens with zero attached hydrogens (tertiary/aromatic N) is 2. The average molecular weight is 388 g/mol. The summed E-state index contributed by atoms with van der Waals surface area (Å²) >= 11 is 0. The van der Waals surface area contributed by atoms with Crippen LogP contribution in [0.2, 0.25) is 0 Å². The van der Waals surface area contributed by atoms with Crippen molar-refractivity contribution in [2.45, 2.75) is 57.2 Å². The number of hydrogen-bond acceptors (Lipinski definition) is 4. The zero-order valence-electron chi connectivity index (χ0n) is 17.4. The van der Waals surface area contributed by atoms with Crippen molar-refractivity contribution in [2.75, 3.05) is 33.8 Å². The van der Waals surface area contributed by atoms with Gasteiger partial charge in [0, 0.05) is 18.7 Å². The maximum atomic E-state index is 13.5. The summed E-state index contributed by atoms with van der Waals surface area (Å²) in [5, 5.41) is 2.98. The van der Waals surface area contributed by atoms with Crippen molar-refractivity contribution in [1.29, 1.82) is 0 Å². The van der Waals surface area contributed by atoms with E-state index in [9.17, 15) is 9.59 Å². The summed E-state index contributed by atoms with van der Waals surface area (Å²) in [6.45, 7) is 3.68. The molecule has 2 fully saturated rings. The highest BCUT2D eigenvalue weighted by molar-refractivity contribution is 5.98. The van der Waals surface area contributed by atoms with E-state index in [1.54, 1.807) is 4.90 Å². The number of carbonyl (C=O) groups excluding carboxylic acids is 2. The van der Waals surface area contributed by atoms with Crippen molar-refractivity contribution >= 4 is 11.8 Å². The van der Waals surface area contributed by atoms with Gasteiger partial charge in [-0.1, -0.05) is 25.5 Å². The second-order valence-electron chi connectivity index (χ2n) is 8.15. The molecule has 3 rings (SSSR count). The van der Waals surface area contributed by atoms with E-state index in [1.165, 1.54) is 5.56 Å². The molecule has 0 radical (unpaired) electrons. The Labute approximate surface area is 168 Å². The van der Waals surface area contributed by atoms with E-state index >= 15 is 0 Å². The molecular formula is C22H33N3O3. The lowest BCUT2D eigenvalue weighted by atomic mass is 9.89. The predicted octanol–water partition coefficient (Wildman–Crippen LogP) is 2.43. The van der Waals surface area contributed by atoms with Gasteiger partial charge in [0.1, 0.15) is 11.8 Å². The van der Waals surface area contributed by atoms with Crippen LogP contribution < -0.4 is 5.32 Å². The molecule has 1 saturated heterocycles. The SMILES string of the molecule is CCc1ccc(C(=O)N2[C@@H](C(=O)NCCN(C)C)COC23CCCCC3)cc1. The van der Waals surface area contributed by atoms with Crippen molar-refractivity contribution in [3.8, 4) is 0 Å². The molecule has 6 heteroatoms. The van der Waals surface area contributed by atoms with Crippen molar-refractivity contribution in [3.05, 3.63) is 35.4 Å². The van der Waals surface area contributed by atoms with Crippen LogP contribution in [0.1, 0.15) is 54.9 Å². The van der Waals surface area contributed by atoms with Gasteiger partial charge in [-0.3, -0.25) is 14.5 Å². The largest absolute Gasteiger partial charge is 0.353 e. The molecule has 1 atom stereocenters. The van der Waals surface area contributed by atoms with Crippen LogP contribution in [-0.4, -0.2) is 67.2 Å². The summed E-state index contributed by atoms with van der Waals surface area (Å²) in [6.07, 6.45) is 5.72. The molecule has 1 N–H and O–H groups in total. The first-order valence-electron chi connectivity index (χ1n) is 10.5. The van der Waals surface area contributed by atoms with Crippen LogP contribution in [0.25, 0.3) is 0 Å². The molecule has 1 heterocycles. The third kappa shape index (κ3) is 4.39. The zero-order chi connectivity index (χ0) is 20.1. The number of likely N-dealkylation sites (N-methyl/N-ethyl adjacent to an activating group) is 1. The van der Waals surface area contributed by atoms with Gasteiger partial charge in [-0.25, -0.2) is 0 Å². The standard InChI is InChI=1S/C22H33N3O3/c1-4-17-8-10-18(11-9-17)21(27)25-19(20(26)23-14-15-24(2)3)16-28-22(25)12-6-5-7-13-22/h8-11,19H,4-7,12-16H2,1-3H3,(H,23,26)/t19-/m1/s1. The number of benzene rings is 1. The third-order valence-electron chi connectivity index (χ3n) is 5.88. The Kier molecular flexibility index (Phi) is 6.73. The third-order valence-corrected chi connectivity index (χ3v) is 5.88. The molecule has 6 nitrogen and oxygen atoms in total. The van der Waals surface area contributed by atoms with Gasteiger partial charge in [-0.15, -0.1) is 0 Å². The Bertz CT molecular complexity index is 681. The first kappa shape index (κ1) is 20.8. The molecule has 0 unspecified atom stereocenters. The summed E-state index contributed by atoms with van der Waals surface area (Å²) < 4.78 is 6.18. The summed E-state index contributed by atoms with van der Waals surface area (Å²) in [7, 11) is 3.94. The fraction of sp³-hybridized carbons (Fsp3) is 0.636. The molecule has 2 aliphatic rings. The quantitative estimate of drug-likeness (QED) is 0.814. The minimum absolute atomic E-state index is 0.102. The van der Waals surface area contributed by atoms with Crippen LogP contribution >= 0.6 is 0 Å². The summed E-state index contributed by atoms with van der Waals surface area (Å²) in [4.78, 5) is 30.1. The van der Waals surface area contributed by atoms with Crippen molar-refractivity contribution in [2.24, 2.45) is 0 Å². The van der Waals surface area contributed by atoms with Gasteiger partial charge < -0.3 is 15.0 Å². The highest BCUT2D eigenvalue weighted by Gasteiger charge is 2.52. The van der Waals surface area contributed by atoms with E-state index in [-0.39, 0.29) is 18.4 Å². The molecule has 1 aliphatic heterocycles. The van der Waals surface area contributed by atoms with Gasteiger partial charge in [0.15, 0.2) is 0 Å². The molecule has 0 bridgehead atoms. The Morgan fingerprint density at radius 1 is 1.18 bits per heavy atom. The van der Waals surface area contributed by atoms with E-state index in [0.29, 0.717) is 12.1 Å². The van der Waals surface area contributed by atoms with Gasteiger partial charge >= 0.3 is 0 Å². The van der Waals surface area contributed by atoms with Crippen molar-refractivity contribution in [3.63, 3.8) is 0 Å². The highest BCUT2D eigenvalue weighted by atomic mass is 16.5. The lowest BCUT2D eigenvalue weighted by molar-refractivity contribution is -0.127. The summed E-state index contributed by atoms with van der Waals surface area (Å²) in [6, 6.07) is 7.15. The molecule has 1 aliphatic carbocycles. The van der Waals surface area contributed by atoms with Crippen molar-refractivity contribution in [1.82, 2.24) is 15.1 Å². The Balaban J connectivity index is 1.82. The number of carbonyl (C=O) groups is 2. The number of amides is 2. The van der Waals surface area contributed by atoms with E-state index in [2.05, 4.69) is 12.2 Å². The van der Waals surface area contributed by atoms with Crippen LogP contribution in [0.3, 0.4) is 0 Å². The minimum Gasteiger partial charge on any atom is -0.353 e. The van der Waals surface area contributed by atoms with E-state index < -0.39 is 11.8 Å². The smallest absolute Gasteiger partial charge is 0.256 e. The average Bonchev–Trinajstić information content (AvgIpc) is 3.06. The van der Waals surface area contributed by atoms with Crippen molar-refractivity contribution < 1.29 is 14.3 Å². The summed E-state index contributed by atoms with van der Waals surface area (Å²) in [5.74, 6) is -0.224. The maximum Gasteiger partial charge on any atom is 0.256 e. The van der Waals surface area contributed by atoms with Gasteiger partial charge in [0.05, 0.1) is 6.61 Å². The number of ether oxygens (including phenoxy) is 1. The van der Waals surface area contributed by atoms with Crippen LogP contribution in [0.15, 0.2) is 24.3 Å². The maximum absolute atomic E-state index is 13.5. The lowest BCUT2D eigenvalue weighted by Gasteiger charge is -2.41. The number of aryl methyl sites for hydroxylation is 1. The first-order chi connectivity index (χ1) is 13.5. The molecule has 1 aromatic carbocycles. The zero-order valence-corrected chi connectivity index (χ0v) is 17.4. The fourth-order valence-electron chi connectivity index (χ4n) is 4.21. The van der Waals surface area contributed by atoms with Crippen LogP contribution in [0.5, 0.6) is 0 Å². The minimum atomic E-state index is -0.637. The Hall–Kier alpha value is -1.92. The molecule has 1 spiro atoms. The van der Waals surface area contributed by atoms with Crippen LogP contribution in [0, 0.1) is 0 Å². The molecular weight excluding hydrogens is 354 g/mol.